The van der Waals surface area contributed by atoms with Crippen molar-refractivity contribution >= 4 is 6.29 Å². The van der Waals surface area contributed by atoms with Gasteiger partial charge in [-0.15, -0.1) is 0 Å². The standard InChI is InChI=1S/C11H14O3/c1-3-4-9-5-8(7-12)6-10(14-2)11(9)13/h5-7,13H,3-4H2,1-2H3. The first-order valence-corrected chi connectivity index (χ1v) is 4.58. The van der Waals surface area contributed by atoms with Crippen molar-refractivity contribution in [3.63, 3.8) is 0 Å². The normalized spacial score (nSPS) is 9.86. The fourth-order valence-electron chi connectivity index (χ4n) is 1.37. The topological polar surface area (TPSA) is 46.5 Å². The van der Waals surface area contributed by atoms with E-state index in [1.165, 1.54) is 13.2 Å². The molecule has 0 radical (unpaired) electrons. The number of carbonyl (C=O) groups excluding carboxylic acids is 1. The molecule has 0 aliphatic heterocycles. The van der Waals surface area contributed by atoms with E-state index in [1.807, 2.05) is 6.92 Å². The van der Waals surface area contributed by atoms with Crippen LogP contribution in [0, 0.1) is 0 Å². The molecule has 0 unspecified atom stereocenters. The number of hydrogen-bond acceptors (Lipinski definition) is 3. The fourth-order valence-corrected chi connectivity index (χ4v) is 1.37. The molecule has 0 amide bonds. The summed E-state index contributed by atoms with van der Waals surface area (Å²) in [7, 11) is 1.47. The van der Waals surface area contributed by atoms with Crippen LogP contribution in [0.1, 0.15) is 29.3 Å². The quantitative estimate of drug-likeness (QED) is 0.747. The number of rotatable bonds is 4. The Morgan fingerprint density at radius 2 is 2.21 bits per heavy atom. The molecule has 3 heteroatoms. The maximum absolute atomic E-state index is 10.6. The highest BCUT2D eigenvalue weighted by atomic mass is 16.5. The maximum atomic E-state index is 10.6. The van der Waals surface area contributed by atoms with E-state index >= 15 is 0 Å². The van der Waals surface area contributed by atoms with E-state index in [2.05, 4.69) is 0 Å². The minimum Gasteiger partial charge on any atom is -0.504 e. The average molecular weight is 194 g/mol. The van der Waals surface area contributed by atoms with Gasteiger partial charge in [0.15, 0.2) is 11.5 Å². The molecule has 0 spiro atoms. The van der Waals surface area contributed by atoms with Crippen molar-refractivity contribution in [3.8, 4) is 11.5 Å². The molecule has 0 atom stereocenters. The van der Waals surface area contributed by atoms with Gasteiger partial charge in [0, 0.05) is 5.56 Å². The third-order valence-electron chi connectivity index (χ3n) is 2.05. The van der Waals surface area contributed by atoms with Crippen LogP contribution in [0.15, 0.2) is 12.1 Å². The smallest absolute Gasteiger partial charge is 0.161 e. The van der Waals surface area contributed by atoms with Crippen LogP contribution < -0.4 is 4.74 Å². The Morgan fingerprint density at radius 1 is 1.50 bits per heavy atom. The molecule has 1 rings (SSSR count). The van der Waals surface area contributed by atoms with E-state index in [0.717, 1.165) is 24.7 Å². The van der Waals surface area contributed by atoms with Crippen molar-refractivity contribution in [1.29, 1.82) is 0 Å². The van der Waals surface area contributed by atoms with Gasteiger partial charge in [0.05, 0.1) is 7.11 Å². The van der Waals surface area contributed by atoms with Gasteiger partial charge in [0.2, 0.25) is 0 Å². The van der Waals surface area contributed by atoms with Crippen LogP contribution in [-0.2, 0) is 6.42 Å². The predicted octanol–water partition coefficient (Wildman–Crippen LogP) is 2.17. The molecule has 1 N–H and O–H groups in total. The lowest BCUT2D eigenvalue weighted by Crippen LogP contribution is -1.93. The summed E-state index contributed by atoms with van der Waals surface area (Å²) in [6, 6.07) is 3.22. The summed E-state index contributed by atoms with van der Waals surface area (Å²) >= 11 is 0. The van der Waals surface area contributed by atoms with Gasteiger partial charge in [-0.05, 0) is 24.1 Å². The lowest BCUT2D eigenvalue weighted by atomic mass is 10.1. The lowest BCUT2D eigenvalue weighted by molar-refractivity contribution is 0.112. The summed E-state index contributed by atoms with van der Waals surface area (Å²) < 4.78 is 4.97. The van der Waals surface area contributed by atoms with E-state index < -0.39 is 0 Å². The minimum atomic E-state index is 0.139. The maximum Gasteiger partial charge on any atom is 0.161 e. The molecule has 0 saturated heterocycles. The monoisotopic (exact) mass is 194 g/mol. The van der Waals surface area contributed by atoms with Crippen LogP contribution in [-0.4, -0.2) is 18.5 Å². The van der Waals surface area contributed by atoms with E-state index in [9.17, 15) is 9.90 Å². The highest BCUT2D eigenvalue weighted by Gasteiger charge is 2.09. The van der Waals surface area contributed by atoms with Crippen LogP contribution in [0.3, 0.4) is 0 Å². The number of hydrogen-bond donors (Lipinski definition) is 1. The molecular weight excluding hydrogens is 180 g/mol. The third-order valence-corrected chi connectivity index (χ3v) is 2.05. The van der Waals surface area contributed by atoms with Crippen LogP contribution in [0.2, 0.25) is 0 Å². The number of carbonyl (C=O) groups is 1. The highest BCUT2D eigenvalue weighted by molar-refractivity contribution is 5.77. The molecule has 0 fully saturated rings. The fraction of sp³-hybridized carbons (Fsp3) is 0.364. The summed E-state index contributed by atoms with van der Waals surface area (Å²) in [5.41, 5.74) is 1.29. The molecule has 0 aromatic heterocycles. The Kier molecular flexibility index (Phi) is 3.51. The number of aldehydes is 1. The minimum absolute atomic E-state index is 0.139. The van der Waals surface area contributed by atoms with Gasteiger partial charge in [0.25, 0.3) is 0 Å². The largest absolute Gasteiger partial charge is 0.504 e. The second-order valence-electron chi connectivity index (χ2n) is 3.10. The zero-order valence-electron chi connectivity index (χ0n) is 8.41. The molecule has 3 nitrogen and oxygen atoms in total. The zero-order valence-corrected chi connectivity index (χ0v) is 8.41. The van der Waals surface area contributed by atoms with Gasteiger partial charge in [-0.2, -0.15) is 0 Å². The second-order valence-corrected chi connectivity index (χ2v) is 3.10. The first-order chi connectivity index (χ1) is 6.72. The van der Waals surface area contributed by atoms with Crippen LogP contribution >= 0.6 is 0 Å². The van der Waals surface area contributed by atoms with E-state index in [-0.39, 0.29) is 5.75 Å². The molecule has 0 bridgehead atoms. The van der Waals surface area contributed by atoms with Gasteiger partial charge in [0.1, 0.15) is 6.29 Å². The van der Waals surface area contributed by atoms with Crippen LogP contribution in [0.5, 0.6) is 11.5 Å². The number of benzene rings is 1. The van der Waals surface area contributed by atoms with Gasteiger partial charge < -0.3 is 9.84 Å². The van der Waals surface area contributed by atoms with Gasteiger partial charge in [-0.1, -0.05) is 13.3 Å². The van der Waals surface area contributed by atoms with Crippen LogP contribution in [0.4, 0.5) is 0 Å². The highest BCUT2D eigenvalue weighted by Crippen LogP contribution is 2.31. The third kappa shape index (κ3) is 2.05. The molecule has 14 heavy (non-hydrogen) atoms. The summed E-state index contributed by atoms with van der Waals surface area (Å²) in [4.78, 5) is 10.6. The molecule has 76 valence electrons. The van der Waals surface area contributed by atoms with Crippen LogP contribution in [0.25, 0.3) is 0 Å². The number of phenols is 1. The zero-order chi connectivity index (χ0) is 10.6. The van der Waals surface area contributed by atoms with E-state index in [1.54, 1.807) is 6.07 Å². The Morgan fingerprint density at radius 3 is 2.71 bits per heavy atom. The average Bonchev–Trinajstić information content (AvgIpc) is 2.21. The predicted molar refractivity (Wildman–Crippen MR) is 54.0 cm³/mol. The van der Waals surface area contributed by atoms with Crippen molar-refractivity contribution < 1.29 is 14.6 Å². The van der Waals surface area contributed by atoms with E-state index in [0.29, 0.717) is 11.3 Å². The first kappa shape index (κ1) is 10.6. The van der Waals surface area contributed by atoms with Gasteiger partial charge >= 0.3 is 0 Å². The number of aromatic hydroxyl groups is 1. The van der Waals surface area contributed by atoms with Crippen molar-refractivity contribution in [2.45, 2.75) is 19.8 Å². The Bertz CT molecular complexity index is 332. The number of ether oxygens (including phenoxy) is 1. The van der Waals surface area contributed by atoms with Gasteiger partial charge in [-0.3, -0.25) is 4.79 Å². The number of methoxy groups -OCH3 is 1. The summed E-state index contributed by atoms with van der Waals surface area (Å²) in [5, 5.41) is 9.70. The van der Waals surface area contributed by atoms with Crippen molar-refractivity contribution in [2.75, 3.05) is 7.11 Å². The number of phenolic OH excluding ortho intramolecular Hbond substituents is 1. The Hall–Kier alpha value is -1.51. The Balaban J connectivity index is 3.19. The number of aryl methyl sites for hydroxylation is 1. The lowest BCUT2D eigenvalue weighted by Gasteiger charge is -2.09. The SMILES string of the molecule is CCCc1cc(C=O)cc(OC)c1O. The van der Waals surface area contributed by atoms with Crippen molar-refractivity contribution in [1.82, 2.24) is 0 Å². The van der Waals surface area contributed by atoms with Crippen molar-refractivity contribution in [2.24, 2.45) is 0 Å². The molecule has 0 saturated carbocycles. The summed E-state index contributed by atoms with van der Waals surface area (Å²) in [5.74, 6) is 0.498. The molecule has 1 aromatic carbocycles. The molecule has 0 aliphatic carbocycles. The molecule has 0 aliphatic rings. The molecular formula is C11H14O3. The van der Waals surface area contributed by atoms with Crippen molar-refractivity contribution in [3.05, 3.63) is 23.3 Å². The Labute approximate surface area is 83.3 Å². The second kappa shape index (κ2) is 4.65. The van der Waals surface area contributed by atoms with E-state index in [4.69, 9.17) is 4.74 Å². The molecule has 0 heterocycles. The summed E-state index contributed by atoms with van der Waals surface area (Å²) in [6.45, 7) is 2.01. The summed E-state index contributed by atoms with van der Waals surface area (Å²) in [6.07, 6.45) is 2.41. The molecule has 1 aromatic rings. The first-order valence-electron chi connectivity index (χ1n) is 4.58. The van der Waals surface area contributed by atoms with Gasteiger partial charge in [-0.25, -0.2) is 0 Å².